The third-order valence-corrected chi connectivity index (χ3v) is 2.84. The number of hydrogen-bond acceptors (Lipinski definition) is 2. The summed E-state index contributed by atoms with van der Waals surface area (Å²) >= 11 is 0. The van der Waals surface area contributed by atoms with Crippen molar-refractivity contribution < 1.29 is 4.74 Å². The Balaban J connectivity index is 2.26. The molecule has 0 aliphatic carbocycles. The lowest BCUT2D eigenvalue weighted by atomic mass is 9.89. The lowest BCUT2D eigenvalue weighted by Crippen LogP contribution is -2.24. The first-order valence-electron chi connectivity index (χ1n) is 5.05. The number of nitrogens with two attached hydrogens (primary N) is 1. The molecule has 0 amide bonds. The zero-order valence-corrected chi connectivity index (χ0v) is 8.25. The molecule has 2 heteroatoms. The largest absolute Gasteiger partial charge is 0.378 e. The van der Waals surface area contributed by atoms with E-state index in [9.17, 15) is 0 Å². The van der Waals surface area contributed by atoms with Crippen LogP contribution in [0, 0.1) is 11.8 Å². The maximum absolute atomic E-state index is 5.70. The van der Waals surface area contributed by atoms with Crippen LogP contribution < -0.4 is 5.73 Å². The summed E-state index contributed by atoms with van der Waals surface area (Å²) in [5.41, 5.74) is 5.70. The van der Waals surface area contributed by atoms with Crippen LogP contribution in [0.15, 0.2) is 0 Å². The van der Waals surface area contributed by atoms with Crippen LogP contribution in [-0.2, 0) is 4.74 Å². The molecule has 0 radical (unpaired) electrons. The number of hydrogen-bond donors (Lipinski definition) is 1. The van der Waals surface area contributed by atoms with Crippen molar-refractivity contribution in [3.63, 3.8) is 0 Å². The first-order valence-corrected chi connectivity index (χ1v) is 5.05. The summed E-state index contributed by atoms with van der Waals surface area (Å²) in [5.74, 6) is 1.34. The maximum Gasteiger partial charge on any atom is 0.0579 e. The van der Waals surface area contributed by atoms with Crippen LogP contribution in [0.4, 0.5) is 0 Å². The molecule has 1 rings (SSSR count). The highest BCUT2D eigenvalue weighted by atomic mass is 16.5. The smallest absolute Gasteiger partial charge is 0.0579 e. The van der Waals surface area contributed by atoms with E-state index in [-0.39, 0.29) is 0 Å². The van der Waals surface area contributed by atoms with Crippen molar-refractivity contribution in [2.24, 2.45) is 17.6 Å². The fourth-order valence-corrected chi connectivity index (χ4v) is 1.81. The topological polar surface area (TPSA) is 35.2 Å². The van der Waals surface area contributed by atoms with Crippen LogP contribution in [0.25, 0.3) is 0 Å². The summed E-state index contributed by atoms with van der Waals surface area (Å²) in [6, 6.07) is 0. The molecule has 12 heavy (non-hydrogen) atoms. The standard InChI is InChI=1S/C10H21NO/c1-8(2)9(7-11)6-10-4-3-5-12-10/h8-10H,3-7,11H2,1-2H3. The Morgan fingerprint density at radius 3 is 2.67 bits per heavy atom. The van der Waals surface area contributed by atoms with Gasteiger partial charge in [0.05, 0.1) is 6.10 Å². The predicted octanol–water partition coefficient (Wildman–Crippen LogP) is 1.79. The van der Waals surface area contributed by atoms with Crippen molar-refractivity contribution in [3.05, 3.63) is 0 Å². The molecule has 0 spiro atoms. The van der Waals surface area contributed by atoms with Crippen molar-refractivity contribution in [2.45, 2.75) is 39.2 Å². The van der Waals surface area contributed by atoms with Crippen LogP contribution in [0.1, 0.15) is 33.1 Å². The van der Waals surface area contributed by atoms with E-state index in [0.717, 1.165) is 19.6 Å². The van der Waals surface area contributed by atoms with E-state index < -0.39 is 0 Å². The number of rotatable bonds is 4. The second-order valence-corrected chi connectivity index (χ2v) is 4.11. The highest BCUT2D eigenvalue weighted by Gasteiger charge is 2.21. The monoisotopic (exact) mass is 171 g/mol. The summed E-state index contributed by atoms with van der Waals surface area (Å²) in [5, 5.41) is 0. The molecule has 2 nitrogen and oxygen atoms in total. The van der Waals surface area contributed by atoms with Gasteiger partial charge < -0.3 is 10.5 Å². The zero-order chi connectivity index (χ0) is 8.97. The van der Waals surface area contributed by atoms with Gasteiger partial charge in [0.15, 0.2) is 0 Å². The summed E-state index contributed by atoms with van der Waals surface area (Å²) in [7, 11) is 0. The van der Waals surface area contributed by atoms with E-state index in [1.807, 2.05) is 0 Å². The van der Waals surface area contributed by atoms with Gasteiger partial charge in [0, 0.05) is 6.61 Å². The van der Waals surface area contributed by atoms with Crippen LogP contribution >= 0.6 is 0 Å². The van der Waals surface area contributed by atoms with E-state index in [2.05, 4.69) is 13.8 Å². The third-order valence-electron chi connectivity index (χ3n) is 2.84. The van der Waals surface area contributed by atoms with Crippen molar-refractivity contribution in [1.29, 1.82) is 0 Å². The molecule has 2 atom stereocenters. The van der Waals surface area contributed by atoms with Crippen molar-refractivity contribution in [1.82, 2.24) is 0 Å². The minimum Gasteiger partial charge on any atom is -0.378 e. The Hall–Kier alpha value is -0.0800. The van der Waals surface area contributed by atoms with Gasteiger partial charge in [0.1, 0.15) is 0 Å². The van der Waals surface area contributed by atoms with Crippen LogP contribution in [-0.4, -0.2) is 19.3 Å². The van der Waals surface area contributed by atoms with E-state index in [1.54, 1.807) is 0 Å². The highest BCUT2D eigenvalue weighted by molar-refractivity contribution is 4.72. The minimum absolute atomic E-state index is 0.501. The van der Waals surface area contributed by atoms with Crippen LogP contribution in [0.5, 0.6) is 0 Å². The zero-order valence-electron chi connectivity index (χ0n) is 8.25. The second kappa shape index (κ2) is 4.83. The molecular weight excluding hydrogens is 150 g/mol. The molecule has 2 N–H and O–H groups in total. The molecule has 0 bridgehead atoms. The molecule has 2 unspecified atom stereocenters. The van der Waals surface area contributed by atoms with Crippen molar-refractivity contribution in [2.75, 3.05) is 13.2 Å². The molecule has 0 saturated carbocycles. The predicted molar refractivity (Wildman–Crippen MR) is 51.0 cm³/mol. The summed E-state index contributed by atoms with van der Waals surface area (Å²) in [4.78, 5) is 0. The molecule has 1 saturated heterocycles. The van der Waals surface area contributed by atoms with Gasteiger partial charge in [-0.1, -0.05) is 13.8 Å². The Kier molecular flexibility index (Phi) is 4.02. The van der Waals surface area contributed by atoms with Crippen LogP contribution in [0.2, 0.25) is 0 Å². The first kappa shape index (κ1) is 10.0. The van der Waals surface area contributed by atoms with Gasteiger partial charge in [-0.05, 0) is 37.6 Å². The molecule has 0 aromatic carbocycles. The minimum atomic E-state index is 0.501. The fraction of sp³-hybridized carbons (Fsp3) is 1.00. The SMILES string of the molecule is CC(C)C(CN)CC1CCCO1. The fourth-order valence-electron chi connectivity index (χ4n) is 1.81. The second-order valence-electron chi connectivity index (χ2n) is 4.11. The Bertz CT molecular complexity index is 119. The molecule has 0 aromatic heterocycles. The molecule has 1 aliphatic heterocycles. The first-order chi connectivity index (χ1) is 5.74. The van der Waals surface area contributed by atoms with Crippen LogP contribution in [0.3, 0.4) is 0 Å². The van der Waals surface area contributed by atoms with Gasteiger partial charge in [0.2, 0.25) is 0 Å². The van der Waals surface area contributed by atoms with E-state index >= 15 is 0 Å². The van der Waals surface area contributed by atoms with Crippen molar-refractivity contribution in [3.8, 4) is 0 Å². The maximum atomic E-state index is 5.70. The van der Waals surface area contributed by atoms with E-state index in [4.69, 9.17) is 10.5 Å². The van der Waals surface area contributed by atoms with E-state index in [0.29, 0.717) is 17.9 Å². The summed E-state index contributed by atoms with van der Waals surface area (Å²) in [6.45, 7) is 6.25. The van der Waals surface area contributed by atoms with Gasteiger partial charge in [-0.25, -0.2) is 0 Å². The molecule has 1 aliphatic rings. The molecule has 1 heterocycles. The molecule has 1 fully saturated rings. The lowest BCUT2D eigenvalue weighted by molar-refractivity contribution is 0.0834. The summed E-state index contributed by atoms with van der Waals surface area (Å²) < 4.78 is 5.58. The molecule has 0 aromatic rings. The van der Waals surface area contributed by atoms with E-state index in [1.165, 1.54) is 12.8 Å². The average molecular weight is 171 g/mol. The Labute approximate surface area is 75.5 Å². The highest BCUT2D eigenvalue weighted by Crippen LogP contribution is 2.23. The molecular formula is C10H21NO. The Morgan fingerprint density at radius 1 is 1.50 bits per heavy atom. The molecule has 72 valence electrons. The Morgan fingerprint density at radius 2 is 2.25 bits per heavy atom. The van der Waals surface area contributed by atoms with Gasteiger partial charge in [-0.15, -0.1) is 0 Å². The normalized spacial score (nSPS) is 26.5. The van der Waals surface area contributed by atoms with Gasteiger partial charge in [-0.3, -0.25) is 0 Å². The van der Waals surface area contributed by atoms with Gasteiger partial charge in [-0.2, -0.15) is 0 Å². The van der Waals surface area contributed by atoms with Crippen molar-refractivity contribution >= 4 is 0 Å². The lowest BCUT2D eigenvalue weighted by Gasteiger charge is -2.21. The third kappa shape index (κ3) is 2.76. The quantitative estimate of drug-likeness (QED) is 0.700. The van der Waals surface area contributed by atoms with Gasteiger partial charge in [0.25, 0.3) is 0 Å². The summed E-state index contributed by atoms with van der Waals surface area (Å²) in [6.07, 6.45) is 4.14. The van der Waals surface area contributed by atoms with Gasteiger partial charge >= 0.3 is 0 Å². The average Bonchev–Trinajstić information content (AvgIpc) is 2.51. The number of ether oxygens (including phenoxy) is 1.